The Hall–Kier alpha value is -2.57. The lowest BCUT2D eigenvalue weighted by atomic mass is 10.0. The normalized spacial score (nSPS) is 14.7. The Morgan fingerprint density at radius 1 is 1.23 bits per heavy atom. The number of hydrogen-bond donors (Lipinski definition) is 2. The molecule has 2 N–H and O–H groups in total. The van der Waals surface area contributed by atoms with Crippen LogP contribution in [0.3, 0.4) is 0 Å². The number of rotatable bonds is 3. The molecule has 3 aromatic rings. The van der Waals surface area contributed by atoms with E-state index in [-0.39, 0.29) is 21.8 Å². The second-order valence-corrected chi connectivity index (χ2v) is 6.68. The van der Waals surface area contributed by atoms with Gasteiger partial charge in [0.1, 0.15) is 5.82 Å². The molecule has 1 aliphatic heterocycles. The fourth-order valence-electron chi connectivity index (χ4n) is 3.11. The zero-order valence-corrected chi connectivity index (χ0v) is 14.9. The van der Waals surface area contributed by atoms with Gasteiger partial charge in [-0.25, -0.2) is 14.2 Å². The topological polar surface area (TPSA) is 59.0 Å². The molecule has 8 heteroatoms. The van der Waals surface area contributed by atoms with Crippen molar-refractivity contribution in [3.63, 3.8) is 0 Å². The summed E-state index contributed by atoms with van der Waals surface area (Å²) in [6, 6.07) is 9.82. The third-order valence-corrected chi connectivity index (χ3v) is 4.91. The van der Waals surface area contributed by atoms with E-state index < -0.39 is 11.8 Å². The van der Waals surface area contributed by atoms with Gasteiger partial charge in [-0.2, -0.15) is 0 Å². The number of carbonyl (C=O) groups is 1. The van der Waals surface area contributed by atoms with Crippen molar-refractivity contribution >= 4 is 34.9 Å². The van der Waals surface area contributed by atoms with Gasteiger partial charge in [0.15, 0.2) is 0 Å². The second kappa shape index (κ2) is 6.63. The molecule has 26 heavy (non-hydrogen) atoms. The first-order chi connectivity index (χ1) is 12.5. The van der Waals surface area contributed by atoms with Crippen LogP contribution < -0.4 is 10.6 Å². The number of nitrogens with one attached hydrogen (secondary N) is 2. The third kappa shape index (κ3) is 2.91. The molecule has 0 fully saturated rings. The molecule has 0 saturated carbocycles. The fraction of sp³-hybridized carbons (Fsp3) is 0.111. The van der Waals surface area contributed by atoms with Gasteiger partial charge < -0.3 is 15.2 Å². The van der Waals surface area contributed by atoms with E-state index in [2.05, 4.69) is 15.6 Å². The summed E-state index contributed by atoms with van der Waals surface area (Å²) in [5.74, 6) is -0.641. The molecule has 2 heterocycles. The number of urea groups is 1. The first kappa shape index (κ1) is 16.9. The Bertz CT molecular complexity index is 1000. The number of imidazole rings is 1. The molecule has 5 nitrogen and oxygen atoms in total. The smallest absolute Gasteiger partial charge is 0.319 e. The average Bonchev–Trinajstić information content (AvgIpc) is 3.19. The van der Waals surface area contributed by atoms with Crippen LogP contribution in [0.1, 0.15) is 11.6 Å². The molecular weight excluding hydrogens is 378 g/mol. The molecule has 0 aliphatic carbocycles. The summed E-state index contributed by atoms with van der Waals surface area (Å²) >= 11 is 11.7. The highest BCUT2D eigenvalue weighted by Crippen LogP contribution is 2.38. The van der Waals surface area contributed by atoms with Gasteiger partial charge in [0, 0.05) is 12.1 Å². The van der Waals surface area contributed by atoms with Crippen molar-refractivity contribution in [3.8, 4) is 11.3 Å². The molecule has 1 unspecified atom stereocenters. The molecule has 132 valence electrons. The molecule has 0 radical (unpaired) electrons. The molecule has 1 aliphatic rings. The minimum atomic E-state index is -0.641. The van der Waals surface area contributed by atoms with E-state index in [9.17, 15) is 9.18 Å². The second-order valence-electron chi connectivity index (χ2n) is 5.87. The van der Waals surface area contributed by atoms with E-state index in [1.165, 1.54) is 6.07 Å². The van der Waals surface area contributed by atoms with Crippen LogP contribution in [0.2, 0.25) is 10.0 Å². The van der Waals surface area contributed by atoms with E-state index in [0.717, 1.165) is 22.9 Å². The number of hydrogen-bond acceptors (Lipinski definition) is 2. The van der Waals surface area contributed by atoms with Crippen LogP contribution in [-0.2, 0) is 0 Å². The van der Waals surface area contributed by atoms with Gasteiger partial charge in [0.2, 0.25) is 0 Å². The summed E-state index contributed by atoms with van der Waals surface area (Å²) in [6.45, 7) is 0.360. The Kier molecular flexibility index (Phi) is 4.30. The Morgan fingerprint density at radius 3 is 2.88 bits per heavy atom. The maximum absolute atomic E-state index is 13.3. The third-order valence-electron chi connectivity index (χ3n) is 4.31. The number of nitrogens with zero attached hydrogens (tertiary/aromatic N) is 2. The largest absolute Gasteiger partial charge is 0.335 e. The zero-order chi connectivity index (χ0) is 18.3. The first-order valence-corrected chi connectivity index (χ1v) is 8.60. The number of anilines is 1. The standard InChI is InChI=1S/C18H13Cl2FN4O/c19-12-6-15(13(20)5-14(12)21)24-18(26)23-8-17-11-4-2-1-3-10(11)16-7-22-9-25(16)17/h1-7,9,17H,8H2,(H2,23,24,26). The average molecular weight is 391 g/mol. The van der Waals surface area contributed by atoms with Crippen LogP contribution in [0, 0.1) is 5.82 Å². The van der Waals surface area contributed by atoms with Crippen LogP contribution in [0.15, 0.2) is 48.9 Å². The van der Waals surface area contributed by atoms with Gasteiger partial charge >= 0.3 is 6.03 Å². The summed E-state index contributed by atoms with van der Waals surface area (Å²) in [6.07, 6.45) is 3.55. The van der Waals surface area contributed by atoms with Crippen LogP contribution in [0.4, 0.5) is 14.9 Å². The predicted octanol–water partition coefficient (Wildman–Crippen LogP) is 4.72. The Morgan fingerprint density at radius 2 is 2.04 bits per heavy atom. The maximum atomic E-state index is 13.3. The quantitative estimate of drug-likeness (QED) is 0.635. The Labute approximate surface area is 158 Å². The number of carbonyl (C=O) groups excluding carboxylic acids is 1. The highest BCUT2D eigenvalue weighted by molar-refractivity contribution is 6.35. The molecule has 0 spiro atoms. The predicted molar refractivity (Wildman–Crippen MR) is 99.2 cm³/mol. The SMILES string of the molecule is O=C(NCC1c2ccccc2-c2cncn21)Nc1cc(Cl)c(F)cc1Cl. The van der Waals surface area contributed by atoms with Crippen LogP contribution in [0.5, 0.6) is 0 Å². The molecule has 0 bridgehead atoms. The number of aromatic nitrogens is 2. The summed E-state index contributed by atoms with van der Waals surface area (Å²) in [7, 11) is 0. The summed E-state index contributed by atoms with van der Waals surface area (Å²) in [5, 5.41) is 5.36. The number of fused-ring (bicyclic) bond motifs is 3. The van der Waals surface area contributed by atoms with E-state index >= 15 is 0 Å². The highest BCUT2D eigenvalue weighted by atomic mass is 35.5. The van der Waals surface area contributed by atoms with Crippen molar-refractivity contribution in [2.24, 2.45) is 0 Å². The van der Waals surface area contributed by atoms with Crippen molar-refractivity contribution in [2.75, 3.05) is 11.9 Å². The molecule has 2 amide bonds. The number of amides is 2. The maximum Gasteiger partial charge on any atom is 0.319 e. The summed E-state index contributed by atoms with van der Waals surface area (Å²) in [5.41, 5.74) is 3.48. The monoisotopic (exact) mass is 390 g/mol. The summed E-state index contributed by atoms with van der Waals surface area (Å²) < 4.78 is 15.4. The van der Waals surface area contributed by atoms with Gasteiger partial charge in [-0.3, -0.25) is 0 Å². The number of halogens is 3. The van der Waals surface area contributed by atoms with Crippen LogP contribution in [0.25, 0.3) is 11.3 Å². The Balaban J connectivity index is 1.48. The minimum absolute atomic E-state index is 0.0540. The van der Waals surface area contributed by atoms with Gasteiger partial charge in [-0.1, -0.05) is 47.5 Å². The fourth-order valence-corrected chi connectivity index (χ4v) is 3.48. The first-order valence-electron chi connectivity index (χ1n) is 7.85. The van der Waals surface area contributed by atoms with Gasteiger partial charge in [-0.05, 0) is 17.7 Å². The lowest BCUT2D eigenvalue weighted by Crippen LogP contribution is -2.33. The minimum Gasteiger partial charge on any atom is -0.335 e. The van der Waals surface area contributed by atoms with Gasteiger partial charge in [0.05, 0.1) is 40.0 Å². The van der Waals surface area contributed by atoms with Crippen LogP contribution >= 0.6 is 23.2 Å². The summed E-state index contributed by atoms with van der Waals surface area (Å²) in [4.78, 5) is 16.4. The molecule has 0 saturated heterocycles. The molecule has 2 aromatic carbocycles. The van der Waals surface area contributed by atoms with Crippen molar-refractivity contribution < 1.29 is 9.18 Å². The van der Waals surface area contributed by atoms with E-state index in [1.807, 2.05) is 28.8 Å². The van der Waals surface area contributed by atoms with Crippen molar-refractivity contribution in [3.05, 3.63) is 70.3 Å². The van der Waals surface area contributed by atoms with Crippen LogP contribution in [-0.4, -0.2) is 22.1 Å². The van der Waals surface area contributed by atoms with E-state index in [1.54, 1.807) is 12.5 Å². The van der Waals surface area contributed by atoms with Crippen molar-refractivity contribution in [1.29, 1.82) is 0 Å². The van der Waals surface area contributed by atoms with Gasteiger partial charge in [-0.15, -0.1) is 0 Å². The lowest BCUT2D eigenvalue weighted by Gasteiger charge is -2.16. The molecule has 1 atom stereocenters. The highest BCUT2D eigenvalue weighted by Gasteiger charge is 2.28. The van der Waals surface area contributed by atoms with E-state index in [0.29, 0.717) is 6.54 Å². The van der Waals surface area contributed by atoms with Crippen molar-refractivity contribution in [1.82, 2.24) is 14.9 Å². The lowest BCUT2D eigenvalue weighted by molar-refractivity contribution is 0.251. The van der Waals surface area contributed by atoms with Gasteiger partial charge in [0.25, 0.3) is 0 Å². The number of benzene rings is 2. The molecular formula is C18H13Cl2FN4O. The zero-order valence-electron chi connectivity index (χ0n) is 13.3. The van der Waals surface area contributed by atoms with E-state index in [4.69, 9.17) is 23.2 Å². The molecule has 4 rings (SSSR count). The van der Waals surface area contributed by atoms with Crippen molar-refractivity contribution in [2.45, 2.75) is 6.04 Å². The molecule has 1 aromatic heterocycles.